The van der Waals surface area contributed by atoms with Crippen molar-refractivity contribution in [3.05, 3.63) is 81.4 Å². The van der Waals surface area contributed by atoms with Crippen LogP contribution in [-0.2, 0) is 24.4 Å². The Morgan fingerprint density at radius 1 is 1.10 bits per heavy atom. The van der Waals surface area contributed by atoms with Gasteiger partial charge in [0.05, 0.1) is 13.7 Å². The Morgan fingerprint density at radius 2 is 1.81 bits per heavy atom. The number of amides is 1. The molecule has 1 N–H and O–H groups in total. The lowest BCUT2D eigenvalue weighted by Gasteiger charge is -2.08. The lowest BCUT2D eigenvalue weighted by atomic mass is 10.2. The van der Waals surface area contributed by atoms with Gasteiger partial charge in [-0.15, -0.1) is 5.10 Å². The zero-order chi connectivity index (χ0) is 21.8. The third-order valence-corrected chi connectivity index (χ3v) is 4.95. The lowest BCUT2D eigenvalue weighted by molar-refractivity contribution is -0.121. The number of aromatic nitrogens is 5. The Kier molecular flexibility index (Phi) is 5.94. The Morgan fingerprint density at radius 3 is 2.52 bits per heavy atom. The van der Waals surface area contributed by atoms with Gasteiger partial charge < -0.3 is 10.1 Å². The second kappa shape index (κ2) is 8.97. The molecule has 2 aromatic carbocycles. The topological polar surface area (TPSA) is 104 Å². The SMILES string of the molecule is COc1ccc(CNC(=O)Cn2cnc3c(nnn3Cc3ccc(Cl)cc3)c2=O)cc1. The summed E-state index contributed by atoms with van der Waals surface area (Å²) in [7, 11) is 1.59. The number of carbonyl (C=O) groups is 1. The Hall–Kier alpha value is -3.72. The molecule has 0 unspecified atom stereocenters. The predicted molar refractivity (Wildman–Crippen MR) is 115 cm³/mol. The van der Waals surface area contributed by atoms with Crippen molar-refractivity contribution in [2.24, 2.45) is 0 Å². The number of carbonyl (C=O) groups excluding carboxylic acids is 1. The van der Waals surface area contributed by atoms with E-state index in [-0.39, 0.29) is 18.0 Å². The molecule has 9 nitrogen and oxygen atoms in total. The smallest absolute Gasteiger partial charge is 0.283 e. The number of halogens is 1. The highest BCUT2D eigenvalue weighted by Gasteiger charge is 2.14. The number of ether oxygens (including phenoxy) is 1. The molecule has 10 heteroatoms. The minimum absolute atomic E-state index is 0.111. The van der Waals surface area contributed by atoms with Crippen LogP contribution >= 0.6 is 11.6 Å². The molecule has 0 saturated carbocycles. The van der Waals surface area contributed by atoms with Gasteiger partial charge in [-0.3, -0.25) is 14.2 Å². The van der Waals surface area contributed by atoms with E-state index in [2.05, 4.69) is 20.6 Å². The molecule has 0 aliphatic rings. The molecule has 0 spiro atoms. The number of fused-ring (bicyclic) bond motifs is 1. The van der Waals surface area contributed by atoms with Gasteiger partial charge in [0.2, 0.25) is 5.91 Å². The zero-order valence-corrected chi connectivity index (χ0v) is 17.4. The van der Waals surface area contributed by atoms with E-state index in [0.29, 0.717) is 23.8 Å². The average molecular weight is 439 g/mol. The van der Waals surface area contributed by atoms with Crippen molar-refractivity contribution in [2.45, 2.75) is 19.6 Å². The fourth-order valence-corrected chi connectivity index (χ4v) is 3.15. The van der Waals surface area contributed by atoms with Crippen molar-refractivity contribution >= 4 is 28.7 Å². The summed E-state index contributed by atoms with van der Waals surface area (Å²) in [5.74, 6) is 0.428. The third kappa shape index (κ3) is 4.72. The van der Waals surface area contributed by atoms with Crippen molar-refractivity contribution in [3.63, 3.8) is 0 Å². The molecule has 0 aliphatic heterocycles. The first-order chi connectivity index (χ1) is 15.0. The van der Waals surface area contributed by atoms with E-state index in [0.717, 1.165) is 16.9 Å². The zero-order valence-electron chi connectivity index (χ0n) is 16.7. The molecule has 0 bridgehead atoms. The summed E-state index contributed by atoms with van der Waals surface area (Å²) < 4.78 is 7.86. The van der Waals surface area contributed by atoms with Crippen LogP contribution in [0.15, 0.2) is 59.7 Å². The number of benzene rings is 2. The van der Waals surface area contributed by atoms with E-state index < -0.39 is 5.56 Å². The van der Waals surface area contributed by atoms with Gasteiger partial charge in [-0.25, -0.2) is 9.67 Å². The molecule has 4 rings (SSSR count). The molecular formula is C21H19ClN6O3. The highest BCUT2D eigenvalue weighted by atomic mass is 35.5. The number of hydrogen-bond acceptors (Lipinski definition) is 6. The standard InChI is InChI=1S/C21H19ClN6O3/c1-31-17-8-4-14(5-9-17)10-23-18(29)12-27-13-24-20-19(21(27)30)25-26-28(20)11-15-2-6-16(22)7-3-15/h2-9,13H,10-12H2,1H3,(H,23,29). The first kappa shape index (κ1) is 20.5. The highest BCUT2D eigenvalue weighted by molar-refractivity contribution is 6.30. The molecule has 0 saturated heterocycles. The molecule has 0 atom stereocenters. The second-order valence-corrected chi connectivity index (χ2v) is 7.28. The second-order valence-electron chi connectivity index (χ2n) is 6.85. The average Bonchev–Trinajstić information content (AvgIpc) is 3.19. The van der Waals surface area contributed by atoms with Crippen LogP contribution in [0.2, 0.25) is 5.02 Å². The molecule has 1 amide bonds. The van der Waals surface area contributed by atoms with Crippen LogP contribution in [0.25, 0.3) is 11.2 Å². The summed E-state index contributed by atoms with van der Waals surface area (Å²) >= 11 is 5.91. The van der Waals surface area contributed by atoms with E-state index in [4.69, 9.17) is 16.3 Å². The summed E-state index contributed by atoms with van der Waals surface area (Å²) in [6, 6.07) is 14.6. The molecule has 158 valence electrons. The van der Waals surface area contributed by atoms with E-state index in [9.17, 15) is 9.59 Å². The molecule has 31 heavy (non-hydrogen) atoms. The van der Waals surface area contributed by atoms with Gasteiger partial charge in [-0.2, -0.15) is 0 Å². The van der Waals surface area contributed by atoms with Gasteiger partial charge in [0, 0.05) is 11.6 Å². The fraction of sp³-hybridized carbons (Fsp3) is 0.190. The van der Waals surface area contributed by atoms with Crippen molar-refractivity contribution in [2.75, 3.05) is 7.11 Å². The Labute approximate surface area is 182 Å². The largest absolute Gasteiger partial charge is 0.497 e. The first-order valence-corrected chi connectivity index (χ1v) is 9.84. The normalized spacial score (nSPS) is 10.9. The molecule has 4 aromatic rings. The number of hydrogen-bond donors (Lipinski definition) is 1. The quantitative estimate of drug-likeness (QED) is 0.473. The van der Waals surface area contributed by atoms with Gasteiger partial charge in [0.1, 0.15) is 18.6 Å². The van der Waals surface area contributed by atoms with Gasteiger partial charge in [0.15, 0.2) is 11.2 Å². The van der Waals surface area contributed by atoms with E-state index in [1.54, 1.807) is 19.2 Å². The molecule has 0 fully saturated rings. The van der Waals surface area contributed by atoms with Crippen LogP contribution in [0.1, 0.15) is 11.1 Å². The summed E-state index contributed by atoms with van der Waals surface area (Å²) in [5, 5.41) is 11.4. The Balaban J connectivity index is 1.44. The van der Waals surface area contributed by atoms with Gasteiger partial charge in [-0.05, 0) is 35.4 Å². The maximum absolute atomic E-state index is 12.7. The third-order valence-electron chi connectivity index (χ3n) is 4.70. The van der Waals surface area contributed by atoms with Gasteiger partial charge >= 0.3 is 0 Å². The molecule has 2 heterocycles. The van der Waals surface area contributed by atoms with Gasteiger partial charge in [-0.1, -0.05) is 41.1 Å². The summed E-state index contributed by atoms with van der Waals surface area (Å²) in [6.45, 7) is 0.568. The molecule has 0 aliphatic carbocycles. The maximum Gasteiger partial charge on any atom is 0.283 e. The van der Waals surface area contributed by atoms with Crippen LogP contribution in [0.5, 0.6) is 5.75 Å². The van der Waals surface area contributed by atoms with Crippen molar-refractivity contribution in [1.82, 2.24) is 29.9 Å². The van der Waals surface area contributed by atoms with Crippen LogP contribution in [-0.4, -0.2) is 37.6 Å². The number of methoxy groups -OCH3 is 1. The van der Waals surface area contributed by atoms with Gasteiger partial charge in [0.25, 0.3) is 5.56 Å². The lowest BCUT2D eigenvalue weighted by Crippen LogP contribution is -2.32. The van der Waals surface area contributed by atoms with Crippen LogP contribution in [0.3, 0.4) is 0 Å². The van der Waals surface area contributed by atoms with Crippen LogP contribution in [0.4, 0.5) is 0 Å². The fourth-order valence-electron chi connectivity index (χ4n) is 3.02. The number of rotatable bonds is 7. The molecule has 2 aromatic heterocycles. The Bertz CT molecular complexity index is 1270. The molecular weight excluding hydrogens is 420 g/mol. The predicted octanol–water partition coefficient (Wildman–Crippen LogP) is 2.01. The van der Waals surface area contributed by atoms with Crippen LogP contribution < -0.4 is 15.6 Å². The van der Waals surface area contributed by atoms with Crippen molar-refractivity contribution < 1.29 is 9.53 Å². The minimum Gasteiger partial charge on any atom is -0.497 e. The summed E-state index contributed by atoms with van der Waals surface area (Å²) in [5.41, 5.74) is 1.90. The van der Waals surface area contributed by atoms with E-state index >= 15 is 0 Å². The highest BCUT2D eigenvalue weighted by Crippen LogP contribution is 2.12. The van der Waals surface area contributed by atoms with Crippen molar-refractivity contribution in [3.8, 4) is 5.75 Å². The number of nitrogens with zero attached hydrogens (tertiary/aromatic N) is 5. The first-order valence-electron chi connectivity index (χ1n) is 9.46. The summed E-state index contributed by atoms with van der Waals surface area (Å²) in [6.07, 6.45) is 1.33. The maximum atomic E-state index is 12.7. The molecule has 0 radical (unpaired) electrons. The van der Waals surface area contributed by atoms with E-state index in [1.807, 2.05) is 36.4 Å². The van der Waals surface area contributed by atoms with E-state index in [1.165, 1.54) is 15.6 Å². The minimum atomic E-state index is -0.424. The monoisotopic (exact) mass is 438 g/mol. The van der Waals surface area contributed by atoms with Crippen molar-refractivity contribution in [1.29, 1.82) is 0 Å². The van der Waals surface area contributed by atoms with Crippen LogP contribution in [0, 0.1) is 0 Å². The summed E-state index contributed by atoms with van der Waals surface area (Å²) in [4.78, 5) is 29.3. The number of nitrogens with one attached hydrogen (secondary N) is 1.